The molecule has 0 aliphatic heterocycles. The van der Waals surface area contributed by atoms with Crippen LogP contribution in [-0.4, -0.2) is 48.7 Å². The first-order valence-corrected chi connectivity index (χ1v) is 8.23. The van der Waals surface area contributed by atoms with Gasteiger partial charge < -0.3 is 10.1 Å². The van der Waals surface area contributed by atoms with Crippen molar-refractivity contribution in [3.8, 4) is 0 Å². The Kier molecular flexibility index (Phi) is 7.52. The summed E-state index contributed by atoms with van der Waals surface area (Å²) in [5, 5.41) is 3.40. The third-order valence-electron chi connectivity index (χ3n) is 4.26. The maximum absolute atomic E-state index is 12.3. The predicted molar refractivity (Wildman–Crippen MR) is 82.8 cm³/mol. The molecule has 118 valence electrons. The minimum absolute atomic E-state index is 0.120. The molecule has 1 atom stereocenters. The summed E-state index contributed by atoms with van der Waals surface area (Å²) in [7, 11) is 0. The number of hydrogen-bond donors (Lipinski definition) is 1. The zero-order valence-electron chi connectivity index (χ0n) is 13.7. The second-order valence-electron chi connectivity index (χ2n) is 5.98. The van der Waals surface area contributed by atoms with Crippen LogP contribution in [0.3, 0.4) is 0 Å². The highest BCUT2D eigenvalue weighted by molar-refractivity contribution is 5.80. The quantitative estimate of drug-likeness (QED) is 0.661. The van der Waals surface area contributed by atoms with Gasteiger partial charge in [0, 0.05) is 12.6 Å². The van der Waals surface area contributed by atoms with Crippen LogP contribution in [0.5, 0.6) is 0 Å². The van der Waals surface area contributed by atoms with Gasteiger partial charge in [0.25, 0.3) is 0 Å². The first-order chi connectivity index (χ1) is 9.57. The lowest BCUT2D eigenvalue weighted by molar-refractivity contribution is -0.151. The highest BCUT2D eigenvalue weighted by Crippen LogP contribution is 2.25. The van der Waals surface area contributed by atoms with Gasteiger partial charge in [-0.2, -0.15) is 0 Å². The van der Waals surface area contributed by atoms with Crippen molar-refractivity contribution in [2.75, 3.05) is 26.2 Å². The molecule has 1 saturated carbocycles. The Hall–Kier alpha value is -0.610. The van der Waals surface area contributed by atoms with Gasteiger partial charge in [-0.3, -0.25) is 9.69 Å². The zero-order valence-corrected chi connectivity index (χ0v) is 13.7. The van der Waals surface area contributed by atoms with Crippen LogP contribution in [0.4, 0.5) is 0 Å². The molecule has 1 aliphatic rings. The lowest BCUT2D eigenvalue weighted by atomic mass is 10.00. The molecule has 0 aromatic rings. The lowest BCUT2D eigenvalue weighted by Crippen LogP contribution is -2.59. The minimum atomic E-state index is -0.593. The van der Waals surface area contributed by atoms with Crippen molar-refractivity contribution in [1.82, 2.24) is 10.2 Å². The number of carbonyl (C=O) groups is 1. The molecule has 0 amide bonds. The van der Waals surface area contributed by atoms with E-state index in [0.717, 1.165) is 26.1 Å². The van der Waals surface area contributed by atoms with Gasteiger partial charge in [-0.1, -0.05) is 26.7 Å². The molecule has 1 rings (SSSR count). The van der Waals surface area contributed by atoms with Gasteiger partial charge in [0.05, 0.1) is 6.61 Å². The molecule has 0 spiro atoms. The van der Waals surface area contributed by atoms with Gasteiger partial charge in [-0.25, -0.2) is 0 Å². The second kappa shape index (κ2) is 8.63. The molecule has 0 bridgehead atoms. The molecule has 4 heteroatoms. The van der Waals surface area contributed by atoms with Crippen molar-refractivity contribution >= 4 is 5.97 Å². The molecule has 0 heterocycles. The van der Waals surface area contributed by atoms with E-state index in [-0.39, 0.29) is 5.97 Å². The summed E-state index contributed by atoms with van der Waals surface area (Å²) in [5.41, 5.74) is -0.593. The lowest BCUT2D eigenvalue weighted by Gasteiger charge is -2.37. The molecule has 1 unspecified atom stereocenters. The van der Waals surface area contributed by atoms with Crippen LogP contribution >= 0.6 is 0 Å². The molecule has 20 heavy (non-hydrogen) atoms. The number of nitrogens with one attached hydrogen (secondary N) is 1. The molecule has 0 aromatic heterocycles. The van der Waals surface area contributed by atoms with E-state index in [1.165, 1.54) is 25.7 Å². The Morgan fingerprint density at radius 2 is 1.95 bits per heavy atom. The maximum Gasteiger partial charge on any atom is 0.327 e. The summed E-state index contributed by atoms with van der Waals surface area (Å²) < 4.78 is 5.28. The van der Waals surface area contributed by atoms with Crippen LogP contribution in [0.1, 0.15) is 59.8 Å². The van der Waals surface area contributed by atoms with Crippen LogP contribution in [0.25, 0.3) is 0 Å². The molecule has 1 N–H and O–H groups in total. The molecule has 0 radical (unpaired) electrons. The first-order valence-electron chi connectivity index (χ1n) is 8.23. The normalized spacial score (nSPS) is 19.2. The number of ether oxygens (including phenoxy) is 1. The predicted octanol–water partition coefficient (Wildman–Crippen LogP) is 2.57. The van der Waals surface area contributed by atoms with Crippen LogP contribution in [0.2, 0.25) is 0 Å². The van der Waals surface area contributed by atoms with E-state index < -0.39 is 5.54 Å². The Morgan fingerprint density at radius 1 is 1.30 bits per heavy atom. The fourth-order valence-corrected chi connectivity index (χ4v) is 3.06. The summed E-state index contributed by atoms with van der Waals surface area (Å²) in [6.45, 7) is 11.2. The fourth-order valence-electron chi connectivity index (χ4n) is 3.06. The molecule has 1 aliphatic carbocycles. The van der Waals surface area contributed by atoms with Crippen molar-refractivity contribution in [1.29, 1.82) is 0 Å². The maximum atomic E-state index is 12.3. The average Bonchev–Trinajstić information content (AvgIpc) is 2.97. The number of hydrogen-bond acceptors (Lipinski definition) is 4. The van der Waals surface area contributed by atoms with E-state index in [1.807, 2.05) is 13.8 Å². The molecule has 1 fully saturated rings. The third-order valence-corrected chi connectivity index (χ3v) is 4.26. The highest BCUT2D eigenvalue weighted by atomic mass is 16.5. The van der Waals surface area contributed by atoms with Gasteiger partial charge in [0.15, 0.2) is 0 Å². The fraction of sp³-hybridized carbons (Fsp3) is 0.938. The van der Waals surface area contributed by atoms with E-state index in [4.69, 9.17) is 4.74 Å². The average molecular weight is 284 g/mol. The third kappa shape index (κ3) is 4.74. The van der Waals surface area contributed by atoms with Crippen LogP contribution < -0.4 is 5.32 Å². The topological polar surface area (TPSA) is 41.6 Å². The van der Waals surface area contributed by atoms with Gasteiger partial charge in [-0.05, 0) is 46.2 Å². The van der Waals surface area contributed by atoms with E-state index in [9.17, 15) is 4.79 Å². The minimum Gasteiger partial charge on any atom is -0.465 e. The van der Waals surface area contributed by atoms with Crippen LogP contribution in [0, 0.1) is 0 Å². The summed E-state index contributed by atoms with van der Waals surface area (Å²) >= 11 is 0. The number of carbonyl (C=O) groups excluding carboxylic acids is 1. The molecule has 0 saturated heterocycles. The van der Waals surface area contributed by atoms with E-state index in [2.05, 4.69) is 24.1 Å². The smallest absolute Gasteiger partial charge is 0.327 e. The van der Waals surface area contributed by atoms with Crippen molar-refractivity contribution in [2.45, 2.75) is 71.4 Å². The monoisotopic (exact) mass is 284 g/mol. The van der Waals surface area contributed by atoms with E-state index in [1.54, 1.807) is 0 Å². The number of nitrogens with zero attached hydrogens (tertiary/aromatic N) is 1. The molecule has 0 aromatic carbocycles. The van der Waals surface area contributed by atoms with Gasteiger partial charge in [0.1, 0.15) is 5.54 Å². The molecular weight excluding hydrogens is 252 g/mol. The van der Waals surface area contributed by atoms with Crippen LogP contribution in [0.15, 0.2) is 0 Å². The van der Waals surface area contributed by atoms with Crippen molar-refractivity contribution < 1.29 is 9.53 Å². The Balaban J connectivity index is 2.72. The number of rotatable bonds is 9. The van der Waals surface area contributed by atoms with E-state index in [0.29, 0.717) is 12.6 Å². The van der Waals surface area contributed by atoms with E-state index >= 15 is 0 Å². The summed E-state index contributed by atoms with van der Waals surface area (Å²) in [6.07, 6.45) is 6.19. The Bertz CT molecular complexity index is 290. The summed E-state index contributed by atoms with van der Waals surface area (Å²) in [4.78, 5) is 14.8. The van der Waals surface area contributed by atoms with Crippen LogP contribution in [-0.2, 0) is 9.53 Å². The summed E-state index contributed by atoms with van der Waals surface area (Å²) in [5.74, 6) is -0.120. The SMILES string of the molecule is CCCNC(C)(CN(CC)C1CCCC1)C(=O)OCC. The van der Waals surface area contributed by atoms with Gasteiger partial charge in [0.2, 0.25) is 0 Å². The van der Waals surface area contributed by atoms with Crippen molar-refractivity contribution in [2.24, 2.45) is 0 Å². The molecular formula is C16H32N2O2. The Morgan fingerprint density at radius 3 is 2.45 bits per heavy atom. The number of esters is 1. The van der Waals surface area contributed by atoms with Crippen molar-refractivity contribution in [3.63, 3.8) is 0 Å². The second-order valence-corrected chi connectivity index (χ2v) is 5.98. The first kappa shape index (κ1) is 17.4. The zero-order chi connectivity index (χ0) is 15.0. The Labute approximate surface area is 124 Å². The highest BCUT2D eigenvalue weighted by Gasteiger charge is 2.37. The van der Waals surface area contributed by atoms with Gasteiger partial charge in [-0.15, -0.1) is 0 Å². The van der Waals surface area contributed by atoms with Gasteiger partial charge >= 0.3 is 5.97 Å². The largest absolute Gasteiger partial charge is 0.465 e. The summed E-state index contributed by atoms with van der Waals surface area (Å²) in [6, 6.07) is 0.636. The standard InChI is InChI=1S/C16H32N2O2/c1-5-12-17-16(4,15(19)20-7-3)13-18(6-2)14-10-8-9-11-14/h14,17H,5-13H2,1-4H3. The van der Waals surface area contributed by atoms with Crippen molar-refractivity contribution in [3.05, 3.63) is 0 Å². The molecule has 4 nitrogen and oxygen atoms in total. The number of likely N-dealkylation sites (N-methyl/N-ethyl adjacent to an activating group) is 1.